The maximum atomic E-state index is 12.4. The second-order valence-corrected chi connectivity index (χ2v) is 8.36. The predicted octanol–water partition coefficient (Wildman–Crippen LogP) is 6.76. The van der Waals surface area contributed by atoms with Gasteiger partial charge in [0, 0.05) is 25.8 Å². The Labute approximate surface area is 168 Å². The summed E-state index contributed by atoms with van der Waals surface area (Å²) in [6, 6.07) is 13.0. The number of hydrogen-bond acceptors (Lipinski definition) is 4. The third kappa shape index (κ3) is 3.31. The molecule has 3 nitrogen and oxygen atoms in total. The Morgan fingerprint density at radius 1 is 1.08 bits per heavy atom. The molecule has 2 heterocycles. The average molecular weight is 498 g/mol. The molecule has 0 atom stereocenters. The van der Waals surface area contributed by atoms with E-state index in [4.69, 9.17) is 16.0 Å². The summed E-state index contributed by atoms with van der Waals surface area (Å²) in [6.45, 7) is 0. The van der Waals surface area contributed by atoms with Crippen LogP contribution in [-0.2, 0) is 0 Å². The van der Waals surface area contributed by atoms with Crippen molar-refractivity contribution in [2.45, 2.75) is 0 Å². The lowest BCUT2D eigenvalue weighted by Crippen LogP contribution is -2.02. The van der Waals surface area contributed by atoms with Crippen LogP contribution in [0.3, 0.4) is 0 Å². The molecule has 0 aliphatic heterocycles. The number of benzene rings is 2. The molecule has 0 unspecified atom stereocenters. The van der Waals surface area contributed by atoms with E-state index < -0.39 is 5.63 Å². The zero-order valence-electron chi connectivity index (χ0n) is 12.4. The SMILES string of the molecule is O=c1oc2c(Br)cc(Br)cc2cc1-c1nc(-c2ccc(Cl)cc2)cs1. The summed E-state index contributed by atoms with van der Waals surface area (Å²) in [4.78, 5) is 17.0. The number of halogens is 3. The number of fused-ring (bicyclic) bond motifs is 1. The van der Waals surface area contributed by atoms with E-state index in [9.17, 15) is 4.79 Å². The molecule has 0 fully saturated rings. The van der Waals surface area contributed by atoms with Crippen LogP contribution in [0.25, 0.3) is 32.8 Å². The Kier molecular flexibility index (Phi) is 4.54. The molecular formula is C18H8Br2ClNO2S. The largest absolute Gasteiger partial charge is 0.421 e. The minimum atomic E-state index is -0.410. The van der Waals surface area contributed by atoms with Gasteiger partial charge in [-0.1, -0.05) is 39.7 Å². The molecule has 0 amide bonds. The van der Waals surface area contributed by atoms with Crippen molar-refractivity contribution >= 4 is 65.8 Å². The van der Waals surface area contributed by atoms with E-state index in [1.807, 2.05) is 41.8 Å². The van der Waals surface area contributed by atoms with Gasteiger partial charge in [-0.2, -0.15) is 0 Å². The van der Waals surface area contributed by atoms with Crippen LogP contribution in [0.1, 0.15) is 0 Å². The molecule has 2 aromatic heterocycles. The fourth-order valence-corrected chi connectivity index (χ4v) is 4.75. The van der Waals surface area contributed by atoms with Crippen molar-refractivity contribution in [3.63, 3.8) is 0 Å². The Morgan fingerprint density at radius 2 is 1.84 bits per heavy atom. The third-order valence-electron chi connectivity index (χ3n) is 3.63. The highest BCUT2D eigenvalue weighted by Gasteiger charge is 2.14. The standard InChI is InChI=1S/C18H8Br2ClNO2S/c19-11-5-10-6-13(18(23)24-16(10)14(20)7-11)17-22-15(8-25-17)9-1-3-12(21)4-2-9/h1-8H. The van der Waals surface area contributed by atoms with E-state index in [0.29, 0.717) is 21.2 Å². The van der Waals surface area contributed by atoms with Gasteiger partial charge in [0.15, 0.2) is 5.58 Å². The molecule has 2 aromatic carbocycles. The number of hydrogen-bond donors (Lipinski definition) is 0. The highest BCUT2D eigenvalue weighted by atomic mass is 79.9. The summed E-state index contributed by atoms with van der Waals surface area (Å²) in [5.74, 6) is 0. The molecule has 0 spiro atoms. The molecule has 25 heavy (non-hydrogen) atoms. The highest BCUT2D eigenvalue weighted by Crippen LogP contribution is 2.32. The van der Waals surface area contributed by atoms with Gasteiger partial charge in [-0.05, 0) is 46.3 Å². The second-order valence-electron chi connectivity index (χ2n) is 5.30. The zero-order valence-corrected chi connectivity index (χ0v) is 17.2. The van der Waals surface area contributed by atoms with Gasteiger partial charge in [0.05, 0.1) is 15.7 Å². The molecule has 0 aliphatic carbocycles. The minimum Gasteiger partial charge on any atom is -0.421 e. The molecule has 0 saturated carbocycles. The van der Waals surface area contributed by atoms with Crippen molar-refractivity contribution < 1.29 is 4.42 Å². The molecule has 0 N–H and O–H groups in total. The lowest BCUT2D eigenvalue weighted by atomic mass is 10.1. The predicted molar refractivity (Wildman–Crippen MR) is 109 cm³/mol. The smallest absolute Gasteiger partial charge is 0.346 e. The topological polar surface area (TPSA) is 43.1 Å². The Hall–Kier alpha value is -1.47. The van der Waals surface area contributed by atoms with E-state index in [1.165, 1.54) is 11.3 Å². The molecule has 4 rings (SSSR count). The summed E-state index contributed by atoms with van der Waals surface area (Å²) in [7, 11) is 0. The molecule has 124 valence electrons. The van der Waals surface area contributed by atoms with Gasteiger partial charge in [-0.15, -0.1) is 11.3 Å². The molecule has 0 radical (unpaired) electrons. The molecule has 0 saturated heterocycles. The third-order valence-corrected chi connectivity index (χ3v) is 5.80. The summed E-state index contributed by atoms with van der Waals surface area (Å²) >= 11 is 14.2. The maximum absolute atomic E-state index is 12.4. The Balaban J connectivity index is 1.83. The highest BCUT2D eigenvalue weighted by molar-refractivity contribution is 9.11. The van der Waals surface area contributed by atoms with Gasteiger partial charge < -0.3 is 4.42 Å². The van der Waals surface area contributed by atoms with E-state index in [0.717, 1.165) is 25.6 Å². The van der Waals surface area contributed by atoms with Gasteiger partial charge >= 0.3 is 5.63 Å². The van der Waals surface area contributed by atoms with Gasteiger partial charge in [-0.3, -0.25) is 0 Å². The minimum absolute atomic E-state index is 0.410. The fourth-order valence-electron chi connectivity index (χ4n) is 2.46. The number of nitrogens with zero attached hydrogens (tertiary/aromatic N) is 1. The Bertz CT molecular complexity index is 1150. The normalized spacial score (nSPS) is 11.2. The first-order valence-electron chi connectivity index (χ1n) is 7.16. The average Bonchev–Trinajstić information content (AvgIpc) is 3.05. The van der Waals surface area contributed by atoms with Crippen LogP contribution in [0, 0.1) is 0 Å². The van der Waals surface area contributed by atoms with Gasteiger partial charge in [0.25, 0.3) is 0 Å². The molecule has 7 heteroatoms. The van der Waals surface area contributed by atoms with Crippen molar-refractivity contribution in [3.8, 4) is 21.8 Å². The summed E-state index contributed by atoms with van der Waals surface area (Å²) in [5.41, 5.74) is 2.30. The van der Waals surface area contributed by atoms with Crippen LogP contribution >= 0.6 is 54.8 Å². The van der Waals surface area contributed by atoms with Crippen LogP contribution in [-0.4, -0.2) is 4.98 Å². The van der Waals surface area contributed by atoms with Gasteiger partial charge in [0.1, 0.15) is 5.01 Å². The lowest BCUT2D eigenvalue weighted by Gasteiger charge is -2.03. The van der Waals surface area contributed by atoms with Crippen LogP contribution < -0.4 is 5.63 Å². The first-order chi connectivity index (χ1) is 12.0. The monoisotopic (exact) mass is 495 g/mol. The van der Waals surface area contributed by atoms with Crippen molar-refractivity contribution in [1.29, 1.82) is 0 Å². The van der Waals surface area contributed by atoms with E-state index >= 15 is 0 Å². The van der Waals surface area contributed by atoms with Crippen LogP contribution in [0.5, 0.6) is 0 Å². The summed E-state index contributed by atoms with van der Waals surface area (Å²) in [6.07, 6.45) is 0. The Morgan fingerprint density at radius 3 is 2.60 bits per heavy atom. The van der Waals surface area contributed by atoms with Crippen molar-refractivity contribution in [2.24, 2.45) is 0 Å². The number of rotatable bonds is 2. The quantitative estimate of drug-likeness (QED) is 0.287. The van der Waals surface area contributed by atoms with Crippen LogP contribution in [0.4, 0.5) is 0 Å². The summed E-state index contributed by atoms with van der Waals surface area (Å²) in [5, 5.41) is 4.03. The van der Waals surface area contributed by atoms with E-state index in [1.54, 1.807) is 6.07 Å². The second kappa shape index (κ2) is 6.68. The van der Waals surface area contributed by atoms with Crippen LogP contribution in [0.15, 0.2) is 66.0 Å². The first-order valence-corrected chi connectivity index (χ1v) is 10.0. The molecular weight excluding hydrogens is 490 g/mol. The van der Waals surface area contributed by atoms with Crippen molar-refractivity contribution in [2.75, 3.05) is 0 Å². The molecule has 0 bridgehead atoms. The van der Waals surface area contributed by atoms with Gasteiger partial charge in [0.2, 0.25) is 0 Å². The van der Waals surface area contributed by atoms with E-state index in [2.05, 4.69) is 36.8 Å². The van der Waals surface area contributed by atoms with E-state index in [-0.39, 0.29) is 0 Å². The van der Waals surface area contributed by atoms with Crippen LogP contribution in [0.2, 0.25) is 5.02 Å². The fraction of sp³-hybridized carbons (Fsp3) is 0. The number of thiazole rings is 1. The zero-order chi connectivity index (χ0) is 17.6. The first kappa shape index (κ1) is 17.0. The summed E-state index contributed by atoms with van der Waals surface area (Å²) < 4.78 is 7.11. The molecule has 0 aliphatic rings. The van der Waals surface area contributed by atoms with Gasteiger partial charge in [-0.25, -0.2) is 9.78 Å². The van der Waals surface area contributed by atoms with Crippen molar-refractivity contribution in [1.82, 2.24) is 4.98 Å². The molecule has 4 aromatic rings. The maximum Gasteiger partial charge on any atom is 0.346 e. The lowest BCUT2D eigenvalue weighted by molar-refractivity contribution is 0.561. The number of aromatic nitrogens is 1. The van der Waals surface area contributed by atoms with Crippen molar-refractivity contribution in [3.05, 3.63) is 72.2 Å².